The van der Waals surface area contributed by atoms with Crippen molar-refractivity contribution in [3.63, 3.8) is 0 Å². The van der Waals surface area contributed by atoms with E-state index in [1.54, 1.807) is 0 Å². The third-order valence-corrected chi connectivity index (χ3v) is 3.17. The molecule has 2 rings (SSSR count). The van der Waals surface area contributed by atoms with Gasteiger partial charge in [0.25, 0.3) is 0 Å². The van der Waals surface area contributed by atoms with Gasteiger partial charge in [0.1, 0.15) is 0 Å². The summed E-state index contributed by atoms with van der Waals surface area (Å²) in [4.78, 5) is 3.11. The van der Waals surface area contributed by atoms with Gasteiger partial charge < -0.3 is 14.3 Å². The predicted molar refractivity (Wildman–Crippen MR) is 76.1 cm³/mol. The minimum atomic E-state index is 0.153. The highest BCUT2D eigenvalue weighted by atomic mass is 32.1. The molecule has 2 aromatic rings. The molecule has 4 heteroatoms. The topological polar surface area (TPSA) is 29.9 Å². The van der Waals surface area contributed by atoms with Gasteiger partial charge in [-0.2, -0.15) is 0 Å². The summed E-state index contributed by atoms with van der Waals surface area (Å²) in [6.07, 6.45) is 2.11. The molecule has 1 atom stereocenters. The molecule has 0 saturated heterocycles. The summed E-state index contributed by atoms with van der Waals surface area (Å²) in [5.41, 5.74) is 2.26. The maximum absolute atomic E-state index is 5.58. The van der Waals surface area contributed by atoms with E-state index in [9.17, 15) is 0 Å². The standard InChI is InChI=1S/C14H18N2OS/c1-3-17-11(2)10-16-13(9-15-14(16)18)12-7-5-4-6-8-12/h4-9,11H,3,10H2,1-2H3,(H,15,18). The van der Waals surface area contributed by atoms with Crippen LogP contribution in [0.4, 0.5) is 0 Å². The lowest BCUT2D eigenvalue weighted by Crippen LogP contribution is -2.17. The highest BCUT2D eigenvalue weighted by molar-refractivity contribution is 7.71. The Morgan fingerprint density at radius 1 is 1.33 bits per heavy atom. The smallest absolute Gasteiger partial charge is 0.177 e. The summed E-state index contributed by atoms with van der Waals surface area (Å²) in [6, 6.07) is 10.2. The fourth-order valence-electron chi connectivity index (χ4n) is 2.02. The molecule has 0 aliphatic rings. The Morgan fingerprint density at radius 2 is 2.06 bits per heavy atom. The van der Waals surface area contributed by atoms with E-state index in [2.05, 4.69) is 28.6 Å². The van der Waals surface area contributed by atoms with Gasteiger partial charge in [-0.1, -0.05) is 30.3 Å². The molecule has 0 radical (unpaired) electrons. The third-order valence-electron chi connectivity index (χ3n) is 2.83. The van der Waals surface area contributed by atoms with E-state index in [4.69, 9.17) is 17.0 Å². The van der Waals surface area contributed by atoms with Crippen LogP contribution >= 0.6 is 12.2 Å². The molecular weight excluding hydrogens is 244 g/mol. The van der Waals surface area contributed by atoms with Crippen molar-refractivity contribution in [3.05, 3.63) is 41.3 Å². The van der Waals surface area contributed by atoms with Crippen molar-refractivity contribution < 1.29 is 4.74 Å². The third kappa shape index (κ3) is 2.89. The molecule has 1 heterocycles. The summed E-state index contributed by atoms with van der Waals surface area (Å²) in [5.74, 6) is 0. The monoisotopic (exact) mass is 262 g/mol. The molecule has 0 amide bonds. The first-order valence-corrected chi connectivity index (χ1v) is 6.58. The number of H-pyrrole nitrogens is 1. The zero-order valence-electron chi connectivity index (χ0n) is 10.7. The Hall–Kier alpha value is -1.39. The van der Waals surface area contributed by atoms with Gasteiger partial charge in [-0.15, -0.1) is 0 Å². The number of benzene rings is 1. The Kier molecular flexibility index (Phi) is 4.33. The molecule has 0 fully saturated rings. The second-order valence-electron chi connectivity index (χ2n) is 4.22. The summed E-state index contributed by atoms with van der Waals surface area (Å²) in [5, 5.41) is 0. The van der Waals surface area contributed by atoms with Crippen LogP contribution in [0.15, 0.2) is 36.5 Å². The van der Waals surface area contributed by atoms with Crippen LogP contribution < -0.4 is 0 Å². The van der Waals surface area contributed by atoms with E-state index in [0.717, 1.165) is 29.2 Å². The average molecular weight is 262 g/mol. The van der Waals surface area contributed by atoms with Crippen LogP contribution in [-0.2, 0) is 11.3 Å². The highest BCUT2D eigenvalue weighted by Gasteiger charge is 2.09. The summed E-state index contributed by atoms with van der Waals surface area (Å²) in [7, 11) is 0. The molecule has 1 aromatic heterocycles. The first kappa shape index (κ1) is 13.1. The maximum Gasteiger partial charge on any atom is 0.177 e. The van der Waals surface area contributed by atoms with Crippen LogP contribution in [0, 0.1) is 4.77 Å². The number of hydrogen-bond donors (Lipinski definition) is 1. The van der Waals surface area contributed by atoms with Crippen LogP contribution in [0.5, 0.6) is 0 Å². The molecule has 0 spiro atoms. The number of nitrogens with one attached hydrogen (secondary N) is 1. The molecule has 96 valence electrons. The van der Waals surface area contributed by atoms with E-state index in [1.165, 1.54) is 0 Å². The second kappa shape index (κ2) is 5.98. The normalized spacial score (nSPS) is 12.6. The predicted octanol–water partition coefficient (Wildman–Crippen LogP) is 3.64. The van der Waals surface area contributed by atoms with Gasteiger partial charge in [0, 0.05) is 12.8 Å². The van der Waals surface area contributed by atoms with Crippen LogP contribution in [-0.4, -0.2) is 22.3 Å². The van der Waals surface area contributed by atoms with Crippen molar-refractivity contribution in [1.82, 2.24) is 9.55 Å². The average Bonchev–Trinajstić information content (AvgIpc) is 2.73. The Balaban J connectivity index is 2.31. The first-order valence-electron chi connectivity index (χ1n) is 6.17. The van der Waals surface area contributed by atoms with Gasteiger partial charge in [-0.3, -0.25) is 0 Å². The van der Waals surface area contributed by atoms with Crippen LogP contribution in [0.2, 0.25) is 0 Å². The molecule has 3 nitrogen and oxygen atoms in total. The number of aromatic nitrogens is 2. The van der Waals surface area contributed by atoms with Gasteiger partial charge >= 0.3 is 0 Å². The van der Waals surface area contributed by atoms with Crippen molar-refractivity contribution in [2.45, 2.75) is 26.5 Å². The summed E-state index contributed by atoms with van der Waals surface area (Å²) in [6.45, 7) is 5.55. The van der Waals surface area contributed by atoms with Gasteiger partial charge in [-0.25, -0.2) is 0 Å². The van der Waals surface area contributed by atoms with Gasteiger partial charge in [0.05, 0.1) is 18.3 Å². The molecule has 18 heavy (non-hydrogen) atoms. The lowest BCUT2D eigenvalue weighted by Gasteiger charge is -2.14. The lowest BCUT2D eigenvalue weighted by molar-refractivity contribution is 0.0640. The van der Waals surface area contributed by atoms with Gasteiger partial charge in [0.15, 0.2) is 4.77 Å². The van der Waals surface area contributed by atoms with Crippen LogP contribution in [0.1, 0.15) is 13.8 Å². The van der Waals surface area contributed by atoms with E-state index >= 15 is 0 Å². The van der Waals surface area contributed by atoms with Gasteiger partial charge in [-0.05, 0) is 31.6 Å². The zero-order chi connectivity index (χ0) is 13.0. The Morgan fingerprint density at radius 3 is 2.72 bits per heavy atom. The number of aromatic amines is 1. The summed E-state index contributed by atoms with van der Waals surface area (Å²) >= 11 is 5.33. The lowest BCUT2D eigenvalue weighted by atomic mass is 10.1. The minimum Gasteiger partial charge on any atom is -0.377 e. The van der Waals surface area contributed by atoms with Crippen LogP contribution in [0.25, 0.3) is 11.3 Å². The zero-order valence-corrected chi connectivity index (χ0v) is 11.5. The molecule has 0 aliphatic heterocycles. The fraction of sp³-hybridized carbons (Fsp3) is 0.357. The Bertz CT molecular complexity index is 544. The molecule has 0 saturated carbocycles. The van der Waals surface area contributed by atoms with Crippen molar-refractivity contribution in [2.75, 3.05) is 6.61 Å². The van der Waals surface area contributed by atoms with Crippen molar-refractivity contribution >= 4 is 12.2 Å². The Labute approximate surface area is 112 Å². The largest absolute Gasteiger partial charge is 0.377 e. The minimum absolute atomic E-state index is 0.153. The second-order valence-corrected chi connectivity index (χ2v) is 4.61. The fourth-order valence-corrected chi connectivity index (χ4v) is 2.25. The van der Waals surface area contributed by atoms with E-state index < -0.39 is 0 Å². The van der Waals surface area contributed by atoms with Gasteiger partial charge in [0.2, 0.25) is 0 Å². The quantitative estimate of drug-likeness (QED) is 0.834. The van der Waals surface area contributed by atoms with Crippen molar-refractivity contribution in [3.8, 4) is 11.3 Å². The first-order chi connectivity index (χ1) is 8.72. The number of imidazole rings is 1. The molecule has 0 bridgehead atoms. The molecule has 0 aliphatic carbocycles. The van der Waals surface area contributed by atoms with E-state index in [-0.39, 0.29) is 6.10 Å². The van der Waals surface area contributed by atoms with Crippen molar-refractivity contribution in [1.29, 1.82) is 0 Å². The molecule has 1 unspecified atom stereocenters. The molecule has 1 aromatic carbocycles. The van der Waals surface area contributed by atoms with Crippen LogP contribution in [0.3, 0.4) is 0 Å². The number of rotatable bonds is 5. The number of ether oxygens (including phenoxy) is 1. The highest BCUT2D eigenvalue weighted by Crippen LogP contribution is 2.19. The number of hydrogen-bond acceptors (Lipinski definition) is 2. The number of nitrogens with zero attached hydrogens (tertiary/aromatic N) is 1. The maximum atomic E-state index is 5.58. The molecule has 1 N–H and O–H groups in total. The van der Waals surface area contributed by atoms with E-state index in [0.29, 0.717) is 0 Å². The van der Waals surface area contributed by atoms with E-state index in [1.807, 2.05) is 31.3 Å². The SMILES string of the molecule is CCOC(C)Cn1c(-c2ccccc2)c[nH]c1=S. The van der Waals surface area contributed by atoms with Crippen molar-refractivity contribution in [2.24, 2.45) is 0 Å². The molecular formula is C14H18N2OS. The summed E-state index contributed by atoms with van der Waals surface area (Å²) < 4.78 is 8.40.